The van der Waals surface area contributed by atoms with Gasteiger partial charge in [0.15, 0.2) is 11.5 Å². The van der Waals surface area contributed by atoms with E-state index < -0.39 is 10.8 Å². The Balaban J connectivity index is 1.66. The number of rotatable bonds is 5. The fourth-order valence-electron chi connectivity index (χ4n) is 2.08. The first-order chi connectivity index (χ1) is 12.0. The molecule has 0 spiro atoms. The molecule has 0 saturated carbocycles. The number of aromatic amines is 1. The molecule has 3 rings (SSSR count). The highest BCUT2D eigenvalue weighted by atomic mass is 16.6. The Morgan fingerprint density at radius 2 is 2.20 bits per heavy atom. The molecule has 2 N–H and O–H groups in total. The third-order valence-electron chi connectivity index (χ3n) is 3.28. The number of carbonyl (C=O) groups is 1. The second-order valence-electron chi connectivity index (χ2n) is 5.13. The lowest BCUT2D eigenvalue weighted by molar-refractivity contribution is -0.384. The van der Waals surface area contributed by atoms with Gasteiger partial charge in [-0.2, -0.15) is 10.2 Å². The smallest absolute Gasteiger partial charge is 0.291 e. The van der Waals surface area contributed by atoms with Crippen LogP contribution in [0.1, 0.15) is 21.8 Å². The number of H-pyrrole nitrogens is 1. The van der Waals surface area contributed by atoms with Crippen LogP contribution in [0.5, 0.6) is 0 Å². The molecular weight excluding hydrogens is 326 g/mol. The van der Waals surface area contributed by atoms with E-state index in [4.69, 9.17) is 4.42 Å². The Kier molecular flexibility index (Phi) is 4.38. The molecule has 0 bridgehead atoms. The van der Waals surface area contributed by atoms with Crippen LogP contribution in [0, 0.1) is 17.0 Å². The number of hydrogen-bond donors (Lipinski definition) is 2. The van der Waals surface area contributed by atoms with Crippen LogP contribution < -0.4 is 5.43 Å². The summed E-state index contributed by atoms with van der Waals surface area (Å²) in [5.74, 6) is 0.800. The molecule has 0 aliphatic heterocycles. The first-order valence-electron chi connectivity index (χ1n) is 7.23. The summed E-state index contributed by atoms with van der Waals surface area (Å²) in [6.07, 6.45) is 1.31. The molecular formula is C16H13N5O4. The number of nitrogens with one attached hydrogen (secondary N) is 2. The minimum atomic E-state index is -0.521. The molecule has 0 aliphatic carbocycles. The van der Waals surface area contributed by atoms with Crippen molar-refractivity contribution in [3.63, 3.8) is 0 Å². The largest absolute Gasteiger partial charge is 0.460 e. The van der Waals surface area contributed by atoms with Crippen LogP contribution in [-0.4, -0.2) is 27.2 Å². The molecule has 2 heterocycles. The fourth-order valence-corrected chi connectivity index (χ4v) is 2.08. The van der Waals surface area contributed by atoms with Gasteiger partial charge in [-0.3, -0.25) is 20.0 Å². The van der Waals surface area contributed by atoms with Crippen LogP contribution in [0.3, 0.4) is 0 Å². The van der Waals surface area contributed by atoms with Crippen molar-refractivity contribution in [1.29, 1.82) is 0 Å². The summed E-state index contributed by atoms with van der Waals surface area (Å²) < 4.78 is 5.44. The van der Waals surface area contributed by atoms with E-state index >= 15 is 0 Å². The first kappa shape index (κ1) is 16.1. The number of hydrazone groups is 1. The van der Waals surface area contributed by atoms with Gasteiger partial charge in [0.1, 0.15) is 11.5 Å². The highest BCUT2D eigenvalue weighted by Gasteiger charge is 2.12. The molecule has 0 radical (unpaired) electrons. The third kappa shape index (κ3) is 3.78. The van der Waals surface area contributed by atoms with E-state index in [9.17, 15) is 14.9 Å². The average molecular weight is 339 g/mol. The van der Waals surface area contributed by atoms with E-state index in [1.807, 2.05) is 6.92 Å². The second kappa shape index (κ2) is 6.79. The van der Waals surface area contributed by atoms with Gasteiger partial charge < -0.3 is 4.42 Å². The maximum atomic E-state index is 12.0. The quantitative estimate of drug-likeness (QED) is 0.420. The fraction of sp³-hybridized carbons (Fsp3) is 0.0625. The molecule has 0 fully saturated rings. The molecule has 2 aromatic heterocycles. The SMILES string of the molecule is Cc1ccc(-c2cc(C(=O)N/N=C\c3cccc([N+](=O)[O-])c3)n[nH]2)o1. The minimum Gasteiger partial charge on any atom is -0.460 e. The number of hydrogen-bond acceptors (Lipinski definition) is 6. The lowest BCUT2D eigenvalue weighted by Crippen LogP contribution is -2.18. The van der Waals surface area contributed by atoms with Gasteiger partial charge in [0.05, 0.1) is 11.1 Å². The lowest BCUT2D eigenvalue weighted by atomic mass is 10.2. The number of aryl methyl sites for hydroxylation is 1. The van der Waals surface area contributed by atoms with Crippen molar-refractivity contribution in [3.05, 3.63) is 69.6 Å². The van der Waals surface area contributed by atoms with Crippen molar-refractivity contribution < 1.29 is 14.1 Å². The van der Waals surface area contributed by atoms with Crippen molar-refractivity contribution in [3.8, 4) is 11.5 Å². The van der Waals surface area contributed by atoms with Crippen molar-refractivity contribution in [2.75, 3.05) is 0 Å². The molecule has 0 aliphatic rings. The molecule has 25 heavy (non-hydrogen) atoms. The van der Waals surface area contributed by atoms with Gasteiger partial charge in [-0.05, 0) is 19.1 Å². The molecule has 126 valence electrons. The molecule has 1 aromatic carbocycles. The van der Waals surface area contributed by atoms with Crippen molar-refractivity contribution in [1.82, 2.24) is 15.6 Å². The number of carbonyl (C=O) groups excluding carboxylic acids is 1. The standard InChI is InChI=1S/C16H13N5O4/c1-10-5-6-15(25-10)13-8-14(19-18-13)16(22)20-17-9-11-3-2-4-12(7-11)21(23)24/h2-9H,1H3,(H,18,19)(H,20,22)/b17-9-. The van der Waals surface area contributed by atoms with E-state index in [0.717, 1.165) is 5.76 Å². The van der Waals surface area contributed by atoms with Gasteiger partial charge in [-0.25, -0.2) is 5.43 Å². The van der Waals surface area contributed by atoms with Crippen LogP contribution in [0.25, 0.3) is 11.5 Å². The topological polar surface area (TPSA) is 126 Å². The highest BCUT2D eigenvalue weighted by Crippen LogP contribution is 2.20. The van der Waals surface area contributed by atoms with Gasteiger partial charge in [0.2, 0.25) is 0 Å². The van der Waals surface area contributed by atoms with E-state index in [0.29, 0.717) is 17.0 Å². The van der Waals surface area contributed by atoms with Gasteiger partial charge in [-0.15, -0.1) is 0 Å². The van der Waals surface area contributed by atoms with Gasteiger partial charge in [0, 0.05) is 23.8 Å². The van der Waals surface area contributed by atoms with Crippen LogP contribution >= 0.6 is 0 Å². The minimum absolute atomic E-state index is 0.0547. The summed E-state index contributed by atoms with van der Waals surface area (Å²) in [4.78, 5) is 22.2. The normalized spacial score (nSPS) is 10.9. The lowest BCUT2D eigenvalue weighted by Gasteiger charge is -1.96. The predicted octanol–water partition coefficient (Wildman–Crippen LogP) is 2.65. The number of furan rings is 1. The van der Waals surface area contributed by atoms with Gasteiger partial charge in [0.25, 0.3) is 11.6 Å². The summed E-state index contributed by atoms with van der Waals surface area (Å²) >= 11 is 0. The number of amides is 1. The Labute approximate surface area is 141 Å². The average Bonchev–Trinajstić information content (AvgIpc) is 3.24. The molecule has 9 nitrogen and oxygen atoms in total. The Morgan fingerprint density at radius 1 is 1.36 bits per heavy atom. The van der Waals surface area contributed by atoms with E-state index in [1.165, 1.54) is 30.5 Å². The zero-order valence-electron chi connectivity index (χ0n) is 13.1. The monoisotopic (exact) mass is 339 g/mol. The van der Waals surface area contributed by atoms with Crippen LogP contribution in [0.2, 0.25) is 0 Å². The van der Waals surface area contributed by atoms with Crippen LogP contribution in [0.4, 0.5) is 5.69 Å². The van der Waals surface area contributed by atoms with Crippen LogP contribution in [0.15, 0.2) is 52.0 Å². The number of aromatic nitrogens is 2. The Morgan fingerprint density at radius 3 is 2.92 bits per heavy atom. The number of benzene rings is 1. The Bertz CT molecular complexity index is 957. The summed E-state index contributed by atoms with van der Waals surface area (Å²) in [7, 11) is 0. The summed E-state index contributed by atoms with van der Waals surface area (Å²) in [6.45, 7) is 1.82. The molecule has 9 heteroatoms. The maximum absolute atomic E-state index is 12.0. The number of nitro groups is 1. The van der Waals surface area contributed by atoms with Gasteiger partial charge in [-0.1, -0.05) is 12.1 Å². The zero-order valence-corrected chi connectivity index (χ0v) is 13.1. The Hall–Kier alpha value is -3.75. The van der Waals surface area contributed by atoms with Crippen molar-refractivity contribution in [2.24, 2.45) is 5.10 Å². The molecule has 3 aromatic rings. The molecule has 1 amide bonds. The first-order valence-corrected chi connectivity index (χ1v) is 7.23. The highest BCUT2D eigenvalue weighted by molar-refractivity contribution is 5.94. The summed E-state index contributed by atoms with van der Waals surface area (Å²) in [5.41, 5.74) is 3.46. The maximum Gasteiger partial charge on any atom is 0.291 e. The summed E-state index contributed by atoms with van der Waals surface area (Å²) in [5, 5.41) is 21.1. The third-order valence-corrected chi connectivity index (χ3v) is 3.28. The number of nitrogens with zero attached hydrogens (tertiary/aromatic N) is 3. The van der Waals surface area contributed by atoms with Gasteiger partial charge >= 0.3 is 0 Å². The van der Waals surface area contributed by atoms with Crippen molar-refractivity contribution in [2.45, 2.75) is 6.92 Å². The number of non-ortho nitro benzene ring substituents is 1. The predicted molar refractivity (Wildman–Crippen MR) is 89.2 cm³/mol. The van der Waals surface area contributed by atoms with Crippen molar-refractivity contribution >= 4 is 17.8 Å². The molecule has 0 atom stereocenters. The van der Waals surface area contributed by atoms with Crippen LogP contribution in [-0.2, 0) is 0 Å². The van der Waals surface area contributed by atoms with E-state index in [2.05, 4.69) is 20.7 Å². The summed E-state index contributed by atoms with van der Waals surface area (Å²) in [6, 6.07) is 11.0. The second-order valence-corrected chi connectivity index (χ2v) is 5.13. The number of nitro benzene ring substituents is 1. The van der Waals surface area contributed by atoms with E-state index in [-0.39, 0.29) is 11.4 Å². The zero-order chi connectivity index (χ0) is 17.8. The molecule has 0 saturated heterocycles. The molecule has 0 unspecified atom stereocenters. The van der Waals surface area contributed by atoms with E-state index in [1.54, 1.807) is 18.2 Å².